The molecule has 2 atom stereocenters. The molecule has 0 radical (unpaired) electrons. The van der Waals surface area contributed by atoms with Gasteiger partial charge in [-0.25, -0.2) is 9.59 Å². The van der Waals surface area contributed by atoms with Crippen LogP contribution in [0, 0.1) is 19.8 Å². The lowest BCUT2D eigenvalue weighted by atomic mass is 9.78. The lowest BCUT2D eigenvalue weighted by Crippen LogP contribution is -2.50. The van der Waals surface area contributed by atoms with Gasteiger partial charge in [-0.05, 0) is 57.9 Å². The van der Waals surface area contributed by atoms with E-state index >= 15 is 0 Å². The molecule has 0 bridgehead atoms. The molecule has 1 aromatic heterocycles. The van der Waals surface area contributed by atoms with Crippen LogP contribution in [0.2, 0.25) is 0 Å². The van der Waals surface area contributed by atoms with E-state index in [4.69, 9.17) is 9.47 Å². The maximum Gasteiger partial charge on any atom is 0.355 e. The third kappa shape index (κ3) is 4.08. The van der Waals surface area contributed by atoms with Crippen molar-refractivity contribution >= 4 is 17.8 Å². The molecule has 2 fully saturated rings. The highest BCUT2D eigenvalue weighted by Gasteiger charge is 2.36. The van der Waals surface area contributed by atoms with Crippen molar-refractivity contribution in [3.8, 4) is 0 Å². The minimum absolute atomic E-state index is 0.128. The molecule has 1 aliphatic heterocycles. The van der Waals surface area contributed by atoms with Crippen LogP contribution in [0.1, 0.15) is 77.6 Å². The zero-order chi connectivity index (χ0) is 20.3. The number of carbonyl (C=O) groups is 3. The zero-order valence-electron chi connectivity index (χ0n) is 17.0. The van der Waals surface area contributed by atoms with Crippen LogP contribution in [0.3, 0.4) is 0 Å². The Hall–Kier alpha value is -2.31. The number of aryl methyl sites for hydroxylation is 1. The predicted octanol–water partition coefficient (Wildman–Crippen LogP) is 3.15. The fourth-order valence-corrected chi connectivity index (χ4v) is 4.68. The van der Waals surface area contributed by atoms with Crippen LogP contribution >= 0.6 is 0 Å². The molecule has 0 aromatic carbocycles. The number of carbonyl (C=O) groups excluding carboxylic acids is 3. The number of ether oxygens (including phenoxy) is 2. The van der Waals surface area contributed by atoms with Crippen LogP contribution in [0.4, 0.5) is 0 Å². The highest BCUT2D eigenvalue weighted by atomic mass is 16.5. The fourth-order valence-electron chi connectivity index (χ4n) is 4.68. The van der Waals surface area contributed by atoms with Crippen LogP contribution in [-0.4, -0.2) is 53.5 Å². The Morgan fingerprint density at radius 1 is 1.04 bits per heavy atom. The highest BCUT2D eigenvalue weighted by Crippen LogP contribution is 2.35. The average molecular weight is 390 g/mol. The van der Waals surface area contributed by atoms with Gasteiger partial charge in [0.2, 0.25) is 0 Å². The Kier molecular flexibility index (Phi) is 6.42. The zero-order valence-corrected chi connectivity index (χ0v) is 17.0. The Morgan fingerprint density at radius 2 is 1.75 bits per heavy atom. The number of nitrogens with zero attached hydrogens (tertiary/aromatic N) is 1. The number of rotatable bonds is 5. The van der Waals surface area contributed by atoms with Gasteiger partial charge < -0.3 is 19.4 Å². The number of likely N-dealkylation sites (tertiary alicyclic amines) is 1. The number of hydrogen-bond acceptors (Lipinski definition) is 5. The number of hydrogen-bond donors (Lipinski definition) is 1. The smallest absolute Gasteiger partial charge is 0.355 e. The summed E-state index contributed by atoms with van der Waals surface area (Å²) >= 11 is 0. The first-order chi connectivity index (χ1) is 13.4. The molecule has 1 aromatic rings. The van der Waals surface area contributed by atoms with E-state index in [9.17, 15) is 14.4 Å². The Balaban J connectivity index is 1.63. The molecule has 1 amide bonds. The van der Waals surface area contributed by atoms with E-state index in [0.29, 0.717) is 28.8 Å². The maximum atomic E-state index is 12.7. The second-order valence-corrected chi connectivity index (χ2v) is 7.76. The molecule has 2 aliphatic rings. The molecular formula is C21H30N2O5. The number of nitrogens with one attached hydrogen (secondary N) is 1. The van der Waals surface area contributed by atoms with Crippen LogP contribution in [0.25, 0.3) is 0 Å². The largest absolute Gasteiger partial charge is 0.462 e. The molecule has 7 heteroatoms. The first-order valence-electron chi connectivity index (χ1n) is 10.3. The first kappa shape index (κ1) is 20.4. The van der Waals surface area contributed by atoms with Crippen LogP contribution in [0.5, 0.6) is 0 Å². The Bertz CT molecular complexity index is 752. The SMILES string of the molecule is CCOC(=O)c1c(C)[nH]c(C(=O)OCC(=O)N2CCC[C@@H]3CCCC[C@@H]32)c1C. The minimum atomic E-state index is -0.623. The topological polar surface area (TPSA) is 88.7 Å². The lowest BCUT2D eigenvalue weighted by molar-refractivity contribution is -0.140. The van der Waals surface area contributed by atoms with Gasteiger partial charge in [-0.1, -0.05) is 12.8 Å². The van der Waals surface area contributed by atoms with Gasteiger partial charge in [0.05, 0.1) is 12.2 Å². The molecule has 7 nitrogen and oxygen atoms in total. The molecule has 1 saturated heterocycles. The van der Waals surface area contributed by atoms with E-state index in [1.165, 1.54) is 19.3 Å². The van der Waals surface area contributed by atoms with Crippen LogP contribution in [-0.2, 0) is 14.3 Å². The monoisotopic (exact) mass is 390 g/mol. The molecule has 1 saturated carbocycles. The first-order valence-corrected chi connectivity index (χ1v) is 10.3. The summed E-state index contributed by atoms with van der Waals surface area (Å²) in [4.78, 5) is 42.1. The summed E-state index contributed by atoms with van der Waals surface area (Å²) < 4.78 is 10.3. The third-order valence-electron chi connectivity index (χ3n) is 6.01. The van der Waals surface area contributed by atoms with Crippen molar-refractivity contribution in [1.29, 1.82) is 0 Å². The summed E-state index contributed by atoms with van der Waals surface area (Å²) in [6.45, 7) is 5.84. The number of aromatic amines is 1. The van der Waals surface area contributed by atoms with Gasteiger partial charge in [0.15, 0.2) is 6.61 Å². The van der Waals surface area contributed by atoms with Crippen molar-refractivity contribution in [1.82, 2.24) is 9.88 Å². The van der Waals surface area contributed by atoms with Crippen molar-refractivity contribution in [3.63, 3.8) is 0 Å². The van der Waals surface area contributed by atoms with Gasteiger partial charge in [-0.2, -0.15) is 0 Å². The molecule has 28 heavy (non-hydrogen) atoms. The quantitative estimate of drug-likeness (QED) is 0.780. The number of amides is 1. The molecule has 154 valence electrons. The van der Waals surface area contributed by atoms with Gasteiger partial charge in [0, 0.05) is 18.3 Å². The summed E-state index contributed by atoms with van der Waals surface area (Å²) in [6.07, 6.45) is 6.83. The number of fused-ring (bicyclic) bond motifs is 1. The van der Waals surface area contributed by atoms with E-state index in [0.717, 1.165) is 25.8 Å². The summed E-state index contributed by atoms with van der Waals surface area (Å²) in [5, 5.41) is 0. The average Bonchev–Trinajstić information content (AvgIpc) is 2.99. The van der Waals surface area contributed by atoms with E-state index in [-0.39, 0.29) is 24.8 Å². The van der Waals surface area contributed by atoms with Crippen LogP contribution < -0.4 is 0 Å². The fraction of sp³-hybridized carbons (Fsp3) is 0.667. The van der Waals surface area contributed by atoms with Gasteiger partial charge in [-0.3, -0.25) is 4.79 Å². The predicted molar refractivity (Wildman–Crippen MR) is 103 cm³/mol. The standard InChI is InChI=1S/C21H30N2O5/c1-4-27-20(25)18-13(2)19(22-14(18)3)21(26)28-12-17(24)23-11-7-9-15-8-5-6-10-16(15)23/h15-16,22H,4-12H2,1-3H3/t15-,16-/m0/s1. The molecule has 2 heterocycles. The maximum absolute atomic E-state index is 12.7. The third-order valence-corrected chi connectivity index (χ3v) is 6.01. The summed E-state index contributed by atoms with van der Waals surface area (Å²) in [5.41, 5.74) is 1.58. The summed E-state index contributed by atoms with van der Waals surface area (Å²) in [6, 6.07) is 0.290. The molecule has 0 spiro atoms. The molecule has 3 rings (SSSR count). The number of esters is 2. The van der Waals surface area contributed by atoms with E-state index in [1.54, 1.807) is 20.8 Å². The minimum Gasteiger partial charge on any atom is -0.462 e. The van der Waals surface area contributed by atoms with E-state index in [2.05, 4.69) is 4.98 Å². The van der Waals surface area contributed by atoms with E-state index in [1.807, 2.05) is 4.90 Å². The molecule has 0 unspecified atom stereocenters. The van der Waals surface area contributed by atoms with Crippen molar-refractivity contribution in [2.45, 2.75) is 65.3 Å². The van der Waals surface area contributed by atoms with Gasteiger partial charge in [-0.15, -0.1) is 0 Å². The highest BCUT2D eigenvalue weighted by molar-refractivity contribution is 5.99. The Morgan fingerprint density at radius 3 is 2.50 bits per heavy atom. The van der Waals surface area contributed by atoms with Crippen molar-refractivity contribution in [3.05, 3.63) is 22.5 Å². The van der Waals surface area contributed by atoms with Crippen molar-refractivity contribution < 1.29 is 23.9 Å². The number of piperidine rings is 1. The second-order valence-electron chi connectivity index (χ2n) is 7.76. The number of aromatic nitrogens is 1. The summed E-state index contributed by atoms with van der Waals surface area (Å²) in [5.74, 6) is -0.638. The summed E-state index contributed by atoms with van der Waals surface area (Å²) in [7, 11) is 0. The van der Waals surface area contributed by atoms with Gasteiger partial charge >= 0.3 is 11.9 Å². The lowest BCUT2D eigenvalue weighted by Gasteiger charge is -2.44. The van der Waals surface area contributed by atoms with Crippen LogP contribution in [0.15, 0.2) is 0 Å². The normalized spacial score (nSPS) is 21.8. The molecule has 1 N–H and O–H groups in total. The molecule has 1 aliphatic carbocycles. The molecular weight excluding hydrogens is 360 g/mol. The van der Waals surface area contributed by atoms with E-state index < -0.39 is 11.9 Å². The second kappa shape index (κ2) is 8.80. The van der Waals surface area contributed by atoms with Gasteiger partial charge in [0.25, 0.3) is 5.91 Å². The van der Waals surface area contributed by atoms with Crippen molar-refractivity contribution in [2.75, 3.05) is 19.8 Å². The van der Waals surface area contributed by atoms with Crippen molar-refractivity contribution in [2.24, 2.45) is 5.92 Å². The Labute approximate surface area is 165 Å². The van der Waals surface area contributed by atoms with Gasteiger partial charge in [0.1, 0.15) is 5.69 Å². The number of H-pyrrole nitrogens is 1.